The van der Waals surface area contributed by atoms with Crippen LogP contribution in [0.15, 0.2) is 12.1 Å². The Kier molecular flexibility index (Phi) is 5.85. The predicted octanol–water partition coefficient (Wildman–Crippen LogP) is 2.87. The fourth-order valence-electron chi connectivity index (χ4n) is 2.79. The molecule has 1 atom stereocenters. The van der Waals surface area contributed by atoms with E-state index in [1.54, 1.807) is 4.90 Å². The highest BCUT2D eigenvalue weighted by atomic mass is 19.2. The number of benzene rings is 1. The van der Waals surface area contributed by atoms with Gasteiger partial charge >= 0.3 is 0 Å². The molecule has 1 aliphatic heterocycles. The molecule has 0 unspecified atom stereocenters. The molecule has 1 fully saturated rings. The summed E-state index contributed by atoms with van der Waals surface area (Å²) in [6.45, 7) is 5.05. The molecule has 1 aliphatic rings. The lowest BCUT2D eigenvalue weighted by atomic mass is 10.0. The first kappa shape index (κ1) is 18.3. The van der Waals surface area contributed by atoms with Gasteiger partial charge in [-0.05, 0) is 37.3 Å². The van der Waals surface area contributed by atoms with E-state index in [1.165, 1.54) is 0 Å². The number of hydrogen-bond acceptors (Lipinski definition) is 2. The lowest BCUT2D eigenvalue weighted by molar-refractivity contribution is -0.132. The second-order valence-corrected chi connectivity index (χ2v) is 6.41. The van der Waals surface area contributed by atoms with Crippen molar-refractivity contribution in [3.63, 3.8) is 0 Å². The Morgan fingerprint density at radius 2 is 1.75 bits per heavy atom. The summed E-state index contributed by atoms with van der Waals surface area (Å²) in [5.41, 5.74) is -0.614. The normalized spacial score (nSPS) is 15.7. The molecule has 0 aromatic heterocycles. The molecule has 2 amide bonds. The van der Waals surface area contributed by atoms with E-state index in [1.807, 2.05) is 13.8 Å². The molecule has 1 saturated heterocycles. The van der Waals surface area contributed by atoms with Gasteiger partial charge in [0, 0.05) is 13.1 Å². The van der Waals surface area contributed by atoms with E-state index >= 15 is 0 Å². The number of carbonyl (C=O) groups is 2. The number of halogens is 3. The van der Waals surface area contributed by atoms with Gasteiger partial charge in [-0.25, -0.2) is 13.2 Å². The van der Waals surface area contributed by atoms with Gasteiger partial charge < -0.3 is 10.2 Å². The minimum absolute atomic E-state index is 0.122. The highest BCUT2D eigenvalue weighted by molar-refractivity contribution is 5.97. The Bertz CT molecular complexity index is 629. The van der Waals surface area contributed by atoms with Gasteiger partial charge in [0.2, 0.25) is 5.91 Å². The minimum Gasteiger partial charge on any atom is -0.341 e. The maximum Gasteiger partial charge on any atom is 0.255 e. The Morgan fingerprint density at radius 3 is 2.33 bits per heavy atom. The van der Waals surface area contributed by atoms with Crippen molar-refractivity contribution in [1.82, 2.24) is 10.2 Å². The second kappa shape index (κ2) is 7.68. The molecule has 4 nitrogen and oxygen atoms in total. The van der Waals surface area contributed by atoms with Crippen LogP contribution in [0.25, 0.3) is 0 Å². The summed E-state index contributed by atoms with van der Waals surface area (Å²) < 4.78 is 40.0. The van der Waals surface area contributed by atoms with Crippen LogP contribution in [-0.2, 0) is 4.79 Å². The Morgan fingerprint density at radius 1 is 1.12 bits per heavy atom. The van der Waals surface area contributed by atoms with Crippen molar-refractivity contribution in [2.45, 2.75) is 39.2 Å². The predicted molar refractivity (Wildman–Crippen MR) is 82.8 cm³/mol. The quantitative estimate of drug-likeness (QED) is 0.837. The van der Waals surface area contributed by atoms with Gasteiger partial charge in [0.15, 0.2) is 17.5 Å². The lowest BCUT2D eigenvalue weighted by Gasteiger charge is -2.25. The standard InChI is InChI=1S/C17H21F3N2O2/c1-10(2)9-13(17(24)22-7-3-4-8-22)21-16(23)11-5-6-12(18)15(20)14(11)19/h5-6,10,13H,3-4,7-9H2,1-2H3,(H,21,23)/t13-/m1/s1. The van der Waals surface area contributed by atoms with Crippen LogP contribution in [0.5, 0.6) is 0 Å². The molecular weight excluding hydrogens is 321 g/mol. The third-order valence-electron chi connectivity index (χ3n) is 4.01. The summed E-state index contributed by atoms with van der Waals surface area (Å²) in [4.78, 5) is 26.4. The van der Waals surface area contributed by atoms with Crippen LogP contribution < -0.4 is 5.32 Å². The topological polar surface area (TPSA) is 49.4 Å². The maximum absolute atomic E-state index is 13.8. The molecule has 0 radical (unpaired) electrons. The third-order valence-corrected chi connectivity index (χ3v) is 4.01. The molecule has 24 heavy (non-hydrogen) atoms. The zero-order chi connectivity index (χ0) is 17.9. The molecule has 1 N–H and O–H groups in total. The Labute approximate surface area is 139 Å². The van der Waals surface area contributed by atoms with Crippen LogP contribution >= 0.6 is 0 Å². The van der Waals surface area contributed by atoms with Crippen LogP contribution in [-0.4, -0.2) is 35.8 Å². The van der Waals surface area contributed by atoms with Crippen LogP contribution in [0.1, 0.15) is 43.5 Å². The van der Waals surface area contributed by atoms with Gasteiger partial charge in [0.25, 0.3) is 5.91 Å². The number of rotatable bonds is 5. The van der Waals surface area contributed by atoms with E-state index in [9.17, 15) is 22.8 Å². The maximum atomic E-state index is 13.8. The van der Waals surface area contributed by atoms with Gasteiger partial charge in [-0.3, -0.25) is 9.59 Å². The fraction of sp³-hybridized carbons (Fsp3) is 0.529. The van der Waals surface area contributed by atoms with Crippen LogP contribution in [0.3, 0.4) is 0 Å². The Hall–Kier alpha value is -2.05. The lowest BCUT2D eigenvalue weighted by Crippen LogP contribution is -2.48. The van der Waals surface area contributed by atoms with Crippen molar-refractivity contribution in [3.05, 3.63) is 35.1 Å². The largest absolute Gasteiger partial charge is 0.341 e. The van der Waals surface area contributed by atoms with Crippen molar-refractivity contribution in [2.75, 3.05) is 13.1 Å². The average Bonchev–Trinajstić information content (AvgIpc) is 3.05. The van der Waals surface area contributed by atoms with E-state index < -0.39 is 35.0 Å². The first-order valence-electron chi connectivity index (χ1n) is 8.04. The van der Waals surface area contributed by atoms with Crippen molar-refractivity contribution in [2.24, 2.45) is 5.92 Å². The zero-order valence-electron chi connectivity index (χ0n) is 13.7. The molecule has 0 spiro atoms. The summed E-state index contributed by atoms with van der Waals surface area (Å²) >= 11 is 0. The molecular formula is C17H21F3N2O2. The summed E-state index contributed by atoms with van der Waals surface area (Å²) in [6, 6.07) is 0.742. The van der Waals surface area contributed by atoms with E-state index in [2.05, 4.69) is 5.32 Å². The van der Waals surface area contributed by atoms with Gasteiger partial charge in [-0.1, -0.05) is 13.8 Å². The number of likely N-dealkylation sites (tertiary alicyclic amines) is 1. The molecule has 0 bridgehead atoms. The minimum atomic E-state index is -1.70. The number of nitrogens with zero attached hydrogens (tertiary/aromatic N) is 1. The second-order valence-electron chi connectivity index (χ2n) is 6.41. The zero-order valence-corrected chi connectivity index (χ0v) is 13.7. The monoisotopic (exact) mass is 342 g/mol. The summed E-state index contributed by atoms with van der Waals surface area (Å²) in [7, 11) is 0. The van der Waals surface area contributed by atoms with Gasteiger partial charge in [0.1, 0.15) is 6.04 Å². The van der Waals surface area contributed by atoms with E-state index in [0.29, 0.717) is 25.6 Å². The molecule has 1 aromatic carbocycles. The highest BCUT2D eigenvalue weighted by Gasteiger charge is 2.29. The average molecular weight is 342 g/mol. The number of hydrogen-bond donors (Lipinski definition) is 1. The van der Waals surface area contributed by atoms with Crippen molar-refractivity contribution in [3.8, 4) is 0 Å². The van der Waals surface area contributed by atoms with Gasteiger partial charge in [-0.2, -0.15) is 0 Å². The van der Waals surface area contributed by atoms with Gasteiger partial charge in [0.05, 0.1) is 5.56 Å². The fourth-order valence-corrected chi connectivity index (χ4v) is 2.79. The third kappa shape index (κ3) is 4.07. The van der Waals surface area contributed by atoms with Crippen LogP contribution in [0.4, 0.5) is 13.2 Å². The number of amides is 2. The number of carbonyl (C=O) groups excluding carboxylic acids is 2. The number of nitrogens with one attached hydrogen (secondary N) is 1. The molecule has 7 heteroatoms. The van der Waals surface area contributed by atoms with E-state index in [0.717, 1.165) is 18.9 Å². The van der Waals surface area contributed by atoms with E-state index in [-0.39, 0.29) is 11.8 Å². The molecule has 0 saturated carbocycles. The molecule has 1 aromatic rings. The van der Waals surface area contributed by atoms with Crippen molar-refractivity contribution in [1.29, 1.82) is 0 Å². The van der Waals surface area contributed by atoms with Gasteiger partial charge in [-0.15, -0.1) is 0 Å². The smallest absolute Gasteiger partial charge is 0.255 e. The van der Waals surface area contributed by atoms with Crippen molar-refractivity contribution < 1.29 is 22.8 Å². The SMILES string of the molecule is CC(C)C[C@@H](NC(=O)c1ccc(F)c(F)c1F)C(=O)N1CCCC1. The molecule has 132 valence electrons. The summed E-state index contributed by atoms with van der Waals surface area (Å²) in [5.74, 6) is -5.65. The Balaban J connectivity index is 2.18. The highest BCUT2D eigenvalue weighted by Crippen LogP contribution is 2.17. The van der Waals surface area contributed by atoms with Crippen LogP contribution in [0.2, 0.25) is 0 Å². The molecule has 2 rings (SSSR count). The summed E-state index contributed by atoms with van der Waals surface area (Å²) in [5, 5.41) is 2.47. The summed E-state index contributed by atoms with van der Waals surface area (Å²) in [6.07, 6.45) is 2.20. The first-order chi connectivity index (χ1) is 11.3. The van der Waals surface area contributed by atoms with Crippen LogP contribution in [0, 0.1) is 23.4 Å². The van der Waals surface area contributed by atoms with E-state index in [4.69, 9.17) is 0 Å². The van der Waals surface area contributed by atoms with Crippen molar-refractivity contribution >= 4 is 11.8 Å². The molecule has 1 heterocycles. The first-order valence-corrected chi connectivity index (χ1v) is 8.04. The molecule has 0 aliphatic carbocycles.